The van der Waals surface area contributed by atoms with E-state index in [0.717, 1.165) is 5.56 Å². The number of carbonyl (C=O) groups excluding carboxylic acids is 2. The van der Waals surface area contributed by atoms with Gasteiger partial charge in [-0.3, -0.25) is 14.5 Å². The van der Waals surface area contributed by atoms with Gasteiger partial charge in [-0.15, -0.1) is 0 Å². The van der Waals surface area contributed by atoms with Crippen LogP contribution in [0.15, 0.2) is 48.5 Å². The minimum absolute atomic E-state index is 0.160. The molecule has 0 aliphatic heterocycles. The molecule has 9 heteroatoms. The number of aliphatic hydroxyl groups is 2. The molecule has 0 aliphatic rings. The molecule has 0 saturated carbocycles. The average Bonchev–Trinajstić information content (AvgIpc) is 2.72. The number of aryl methyl sites for hydroxylation is 1. The predicted octanol–water partition coefficient (Wildman–Crippen LogP) is 2.57. The Morgan fingerprint density at radius 3 is 1.62 bits per heavy atom. The zero-order valence-corrected chi connectivity index (χ0v) is 18.5. The Morgan fingerprint density at radius 2 is 1.25 bits per heavy atom. The fourth-order valence-electron chi connectivity index (χ4n) is 2.82. The number of carbonyl (C=O) groups is 3. The molecule has 2 aromatic carbocycles. The molecule has 2 rings (SSSR count). The van der Waals surface area contributed by atoms with Crippen molar-refractivity contribution in [2.75, 3.05) is 10.6 Å². The maximum absolute atomic E-state index is 12.3. The molecule has 3 amide bonds. The zero-order valence-electron chi connectivity index (χ0n) is 18.5. The summed E-state index contributed by atoms with van der Waals surface area (Å²) in [5.41, 5.74) is 1.86. The Hall–Kier alpha value is -3.43. The Labute approximate surface area is 186 Å². The quantitative estimate of drug-likeness (QED) is 0.446. The van der Waals surface area contributed by atoms with Crippen LogP contribution in [-0.2, 0) is 16.1 Å². The largest absolute Gasteiger partial charge is 0.465 e. The molecule has 2 unspecified atom stereocenters. The van der Waals surface area contributed by atoms with Gasteiger partial charge in [-0.25, -0.2) is 4.79 Å². The summed E-state index contributed by atoms with van der Waals surface area (Å²) in [6, 6.07) is 13.2. The highest BCUT2D eigenvalue weighted by Crippen LogP contribution is 2.19. The minimum atomic E-state index is -1.98. The van der Waals surface area contributed by atoms with Crippen molar-refractivity contribution in [2.45, 2.75) is 52.0 Å². The molecule has 0 saturated heterocycles. The van der Waals surface area contributed by atoms with Crippen molar-refractivity contribution < 1.29 is 29.7 Å². The minimum Gasteiger partial charge on any atom is -0.465 e. The van der Waals surface area contributed by atoms with Gasteiger partial charge in [0.2, 0.25) is 0 Å². The van der Waals surface area contributed by atoms with Gasteiger partial charge in [0.15, 0.2) is 12.2 Å². The Bertz CT molecular complexity index is 951. The fourth-order valence-corrected chi connectivity index (χ4v) is 2.82. The molecule has 172 valence electrons. The summed E-state index contributed by atoms with van der Waals surface area (Å²) in [4.78, 5) is 37.1. The molecule has 0 radical (unpaired) electrons. The number of nitrogens with zero attached hydrogens (tertiary/aromatic N) is 1. The monoisotopic (exact) mass is 443 g/mol. The van der Waals surface area contributed by atoms with Crippen LogP contribution in [0, 0.1) is 6.92 Å². The summed E-state index contributed by atoms with van der Waals surface area (Å²) in [5.74, 6) is -1.87. The maximum Gasteiger partial charge on any atom is 0.408 e. The normalized spacial score (nSPS) is 13.1. The van der Waals surface area contributed by atoms with Crippen LogP contribution in [0.5, 0.6) is 0 Å². The van der Waals surface area contributed by atoms with E-state index in [4.69, 9.17) is 0 Å². The lowest BCUT2D eigenvalue weighted by Crippen LogP contribution is -2.45. The van der Waals surface area contributed by atoms with E-state index in [2.05, 4.69) is 10.6 Å². The predicted molar refractivity (Wildman–Crippen MR) is 120 cm³/mol. The summed E-state index contributed by atoms with van der Waals surface area (Å²) < 4.78 is 0. The van der Waals surface area contributed by atoms with Gasteiger partial charge in [-0.1, -0.05) is 29.8 Å². The number of benzene rings is 2. The summed E-state index contributed by atoms with van der Waals surface area (Å²) >= 11 is 0. The van der Waals surface area contributed by atoms with Gasteiger partial charge in [0.1, 0.15) is 0 Å². The van der Waals surface area contributed by atoms with Crippen LogP contribution in [0.1, 0.15) is 31.9 Å². The number of hydrogen-bond acceptors (Lipinski definition) is 5. The van der Waals surface area contributed by atoms with E-state index in [1.165, 1.54) is 4.90 Å². The van der Waals surface area contributed by atoms with Crippen molar-refractivity contribution in [1.29, 1.82) is 0 Å². The Balaban J connectivity index is 1.96. The number of amides is 3. The summed E-state index contributed by atoms with van der Waals surface area (Å²) in [7, 11) is 0. The molecule has 0 bridgehead atoms. The average molecular weight is 444 g/mol. The third-order valence-electron chi connectivity index (χ3n) is 4.76. The van der Waals surface area contributed by atoms with E-state index < -0.39 is 35.7 Å². The molecule has 0 aromatic heterocycles. The smallest absolute Gasteiger partial charge is 0.408 e. The van der Waals surface area contributed by atoms with Crippen LogP contribution in [0.25, 0.3) is 0 Å². The Morgan fingerprint density at radius 1 is 0.844 bits per heavy atom. The Kier molecular flexibility index (Phi) is 7.96. The third kappa shape index (κ3) is 6.79. The lowest BCUT2D eigenvalue weighted by Gasteiger charge is -2.33. The third-order valence-corrected chi connectivity index (χ3v) is 4.76. The molecule has 0 spiro atoms. The lowest BCUT2D eigenvalue weighted by atomic mass is 10.1. The van der Waals surface area contributed by atoms with Gasteiger partial charge < -0.3 is 26.0 Å². The van der Waals surface area contributed by atoms with Crippen LogP contribution in [0.2, 0.25) is 0 Å². The van der Waals surface area contributed by atoms with Crippen molar-refractivity contribution >= 4 is 29.3 Å². The maximum atomic E-state index is 12.3. The molecule has 2 aromatic rings. The standard InChI is InChI=1S/C23H29N3O6/c1-14-5-9-16(10-6-14)24-20(29)18(27)19(28)21(30)25-17-11-7-15(8-12-17)13-26(22(31)32)23(2,3)4/h5-12,18-19,27-28H,13H2,1-4H3,(H,24,29)(H,25,30)(H,31,32). The number of rotatable bonds is 7. The van der Waals surface area contributed by atoms with Crippen LogP contribution >= 0.6 is 0 Å². The van der Waals surface area contributed by atoms with Crippen LogP contribution < -0.4 is 10.6 Å². The fraction of sp³-hybridized carbons (Fsp3) is 0.348. The first-order valence-electron chi connectivity index (χ1n) is 10.0. The van der Waals surface area contributed by atoms with E-state index in [1.807, 2.05) is 6.92 Å². The number of nitrogens with one attached hydrogen (secondary N) is 2. The van der Waals surface area contributed by atoms with Gasteiger partial charge in [-0.2, -0.15) is 0 Å². The molecular formula is C23H29N3O6. The van der Waals surface area contributed by atoms with Crippen molar-refractivity contribution in [1.82, 2.24) is 4.90 Å². The van der Waals surface area contributed by atoms with E-state index in [0.29, 0.717) is 16.9 Å². The molecule has 9 nitrogen and oxygen atoms in total. The molecule has 2 atom stereocenters. The number of hydrogen-bond donors (Lipinski definition) is 5. The van der Waals surface area contributed by atoms with Crippen molar-refractivity contribution in [3.8, 4) is 0 Å². The van der Waals surface area contributed by atoms with Gasteiger partial charge in [-0.05, 0) is 57.5 Å². The van der Waals surface area contributed by atoms with Crippen LogP contribution in [0.3, 0.4) is 0 Å². The highest BCUT2D eigenvalue weighted by molar-refractivity contribution is 6.02. The second-order valence-corrected chi connectivity index (χ2v) is 8.47. The molecule has 32 heavy (non-hydrogen) atoms. The van der Waals surface area contributed by atoms with Crippen molar-refractivity contribution in [3.63, 3.8) is 0 Å². The van der Waals surface area contributed by atoms with Crippen LogP contribution in [-0.4, -0.2) is 55.9 Å². The first-order valence-corrected chi connectivity index (χ1v) is 10.0. The number of aliphatic hydroxyl groups excluding tert-OH is 2. The second-order valence-electron chi connectivity index (χ2n) is 8.47. The molecule has 0 heterocycles. The van der Waals surface area contributed by atoms with Gasteiger partial charge >= 0.3 is 6.09 Å². The second kappa shape index (κ2) is 10.3. The van der Waals surface area contributed by atoms with E-state index in [-0.39, 0.29) is 6.54 Å². The van der Waals surface area contributed by atoms with Crippen LogP contribution in [0.4, 0.5) is 16.2 Å². The van der Waals surface area contributed by atoms with Gasteiger partial charge in [0.25, 0.3) is 11.8 Å². The summed E-state index contributed by atoms with van der Waals surface area (Å²) in [6.07, 6.45) is -4.99. The SMILES string of the molecule is Cc1ccc(NC(=O)C(O)C(O)C(=O)Nc2ccc(CN(C(=O)O)C(C)(C)C)cc2)cc1. The lowest BCUT2D eigenvalue weighted by molar-refractivity contribution is -0.139. The van der Waals surface area contributed by atoms with E-state index >= 15 is 0 Å². The van der Waals surface area contributed by atoms with E-state index in [1.54, 1.807) is 69.3 Å². The molecule has 0 fully saturated rings. The number of anilines is 2. The molecule has 5 N–H and O–H groups in total. The number of carboxylic acid groups (broad SMARTS) is 1. The van der Waals surface area contributed by atoms with Crippen molar-refractivity contribution in [2.24, 2.45) is 0 Å². The van der Waals surface area contributed by atoms with Gasteiger partial charge in [0.05, 0.1) is 0 Å². The highest BCUT2D eigenvalue weighted by atomic mass is 16.4. The first-order chi connectivity index (χ1) is 14.9. The van der Waals surface area contributed by atoms with E-state index in [9.17, 15) is 29.7 Å². The zero-order chi connectivity index (χ0) is 24.1. The summed E-state index contributed by atoms with van der Waals surface area (Å²) in [5, 5.41) is 34.4. The topological polar surface area (TPSA) is 139 Å². The molecular weight excluding hydrogens is 414 g/mol. The van der Waals surface area contributed by atoms with Crippen molar-refractivity contribution in [3.05, 3.63) is 59.7 Å². The van der Waals surface area contributed by atoms with Gasteiger partial charge in [0, 0.05) is 23.5 Å². The highest BCUT2D eigenvalue weighted by Gasteiger charge is 2.30. The first kappa shape index (κ1) is 24.8. The summed E-state index contributed by atoms with van der Waals surface area (Å²) in [6.45, 7) is 7.41. The molecule has 0 aliphatic carbocycles.